The molecule has 0 bridgehead atoms. The summed E-state index contributed by atoms with van der Waals surface area (Å²) in [5.74, 6) is -2.23. The molecule has 11 heteroatoms. The number of aliphatic hydroxyl groups excluding tert-OH is 3. The second-order valence-corrected chi connectivity index (χ2v) is 7.35. The Hall–Kier alpha value is -3.51. The molecular formula is C21H20O11. The molecule has 7 N–H and O–H groups in total. The van der Waals surface area contributed by atoms with Crippen molar-refractivity contribution in [3.05, 3.63) is 47.5 Å². The molecule has 32 heavy (non-hydrogen) atoms. The summed E-state index contributed by atoms with van der Waals surface area (Å²) >= 11 is 0. The molecule has 1 fully saturated rings. The molecule has 6 atom stereocenters. The minimum atomic E-state index is -1.87. The van der Waals surface area contributed by atoms with Gasteiger partial charge in [-0.1, -0.05) is 6.07 Å². The molecule has 2 aromatic rings. The first-order valence-corrected chi connectivity index (χ1v) is 9.48. The predicted octanol–water partition coefficient (Wildman–Crippen LogP) is 0.221. The smallest absolute Gasteiger partial charge is 0.335 e. The molecular weight excluding hydrogens is 428 g/mol. The number of phenolic OH excluding ortho intramolecular Hbond substituents is 3. The maximum atomic E-state index is 11.2. The molecule has 2 aliphatic rings. The van der Waals surface area contributed by atoms with E-state index in [0.717, 1.165) is 0 Å². The Kier molecular flexibility index (Phi) is 5.57. The molecule has 2 heterocycles. The summed E-state index contributed by atoms with van der Waals surface area (Å²) in [6, 6.07) is 6.65. The Morgan fingerprint density at radius 3 is 2.38 bits per heavy atom. The van der Waals surface area contributed by atoms with Crippen molar-refractivity contribution in [1.29, 1.82) is 0 Å². The summed E-state index contributed by atoms with van der Waals surface area (Å²) in [4.78, 5) is 11.2. The number of phenols is 3. The monoisotopic (exact) mass is 448 g/mol. The zero-order chi connectivity index (χ0) is 23.2. The van der Waals surface area contributed by atoms with Crippen molar-refractivity contribution in [2.75, 3.05) is 0 Å². The number of hydrogen-bond donors (Lipinski definition) is 7. The van der Waals surface area contributed by atoms with Crippen molar-refractivity contribution in [3.63, 3.8) is 0 Å². The van der Waals surface area contributed by atoms with Crippen LogP contribution in [-0.4, -0.2) is 72.4 Å². The Morgan fingerprint density at radius 1 is 0.938 bits per heavy atom. The molecule has 1 unspecified atom stereocenters. The summed E-state index contributed by atoms with van der Waals surface area (Å²) in [5.41, 5.74) is 0.865. The van der Waals surface area contributed by atoms with Gasteiger partial charge in [0.2, 0.25) is 6.29 Å². The van der Waals surface area contributed by atoms with E-state index in [0.29, 0.717) is 11.1 Å². The molecule has 0 aliphatic carbocycles. The number of aliphatic carboxylic acids is 1. The van der Waals surface area contributed by atoms with Crippen molar-refractivity contribution in [1.82, 2.24) is 0 Å². The number of fused-ring (bicyclic) bond motifs is 1. The lowest BCUT2D eigenvalue weighted by Gasteiger charge is -2.38. The SMILES string of the molecule is O=C(O)[C@H]1O[C@@H](Oc2ccc(C3C=Cc4c(O)cc(O)cc4O3)cc2O)[C@H](O)[C@H](O)[C@@H]1O. The predicted molar refractivity (Wildman–Crippen MR) is 105 cm³/mol. The molecule has 0 saturated carbocycles. The van der Waals surface area contributed by atoms with E-state index < -0.39 is 48.5 Å². The van der Waals surface area contributed by atoms with Crippen LogP contribution in [0.4, 0.5) is 0 Å². The van der Waals surface area contributed by atoms with Crippen LogP contribution in [0.15, 0.2) is 36.4 Å². The van der Waals surface area contributed by atoms with Crippen molar-refractivity contribution < 1.29 is 54.8 Å². The second kappa shape index (κ2) is 8.20. The normalized spacial score (nSPS) is 29.1. The molecule has 2 aromatic carbocycles. The topological polar surface area (TPSA) is 186 Å². The number of carboxylic acid groups (broad SMARTS) is 1. The number of rotatable bonds is 4. The van der Waals surface area contributed by atoms with Crippen LogP contribution in [0.5, 0.6) is 28.7 Å². The minimum absolute atomic E-state index is 0.153. The quantitative estimate of drug-likeness (QED) is 0.339. The Morgan fingerprint density at radius 2 is 1.69 bits per heavy atom. The van der Waals surface area contributed by atoms with Gasteiger partial charge in [0.15, 0.2) is 17.6 Å². The highest BCUT2D eigenvalue weighted by molar-refractivity contribution is 5.73. The largest absolute Gasteiger partial charge is 0.508 e. The van der Waals surface area contributed by atoms with Gasteiger partial charge in [0.05, 0.1) is 5.56 Å². The number of aliphatic hydroxyl groups is 3. The fourth-order valence-corrected chi connectivity index (χ4v) is 3.49. The molecule has 0 amide bonds. The first kappa shape index (κ1) is 21.7. The van der Waals surface area contributed by atoms with Crippen LogP contribution in [0, 0.1) is 0 Å². The number of hydrogen-bond acceptors (Lipinski definition) is 10. The molecule has 0 radical (unpaired) electrons. The number of aromatic hydroxyl groups is 3. The average Bonchev–Trinajstić information content (AvgIpc) is 2.74. The Labute approximate surface area is 180 Å². The molecule has 170 valence electrons. The molecule has 11 nitrogen and oxygen atoms in total. The maximum Gasteiger partial charge on any atom is 0.335 e. The van der Waals surface area contributed by atoms with E-state index in [-0.39, 0.29) is 23.0 Å². The van der Waals surface area contributed by atoms with Gasteiger partial charge in [-0.2, -0.15) is 0 Å². The van der Waals surface area contributed by atoms with Gasteiger partial charge in [0.25, 0.3) is 0 Å². The summed E-state index contributed by atoms with van der Waals surface area (Å²) in [6.07, 6.45) is -6.44. The van der Waals surface area contributed by atoms with Gasteiger partial charge in [-0.05, 0) is 24.3 Å². The number of ether oxygens (including phenoxy) is 3. The summed E-state index contributed by atoms with van der Waals surface area (Å²) < 4.78 is 16.1. The van der Waals surface area contributed by atoms with Crippen LogP contribution in [0.25, 0.3) is 6.08 Å². The maximum absolute atomic E-state index is 11.2. The van der Waals surface area contributed by atoms with Crippen molar-refractivity contribution in [3.8, 4) is 28.7 Å². The van der Waals surface area contributed by atoms with E-state index in [1.54, 1.807) is 12.2 Å². The van der Waals surface area contributed by atoms with Crippen LogP contribution in [0.1, 0.15) is 17.2 Å². The van der Waals surface area contributed by atoms with Gasteiger partial charge in [-0.3, -0.25) is 0 Å². The van der Waals surface area contributed by atoms with Crippen LogP contribution < -0.4 is 9.47 Å². The van der Waals surface area contributed by atoms with Crippen LogP contribution in [-0.2, 0) is 9.53 Å². The van der Waals surface area contributed by atoms with E-state index in [2.05, 4.69) is 0 Å². The van der Waals surface area contributed by atoms with E-state index in [1.807, 2.05) is 0 Å². The van der Waals surface area contributed by atoms with E-state index >= 15 is 0 Å². The third-order valence-corrected chi connectivity index (χ3v) is 5.16. The summed E-state index contributed by atoms with van der Waals surface area (Å²) in [6.45, 7) is 0. The lowest BCUT2D eigenvalue weighted by Crippen LogP contribution is -2.61. The fraction of sp³-hybridized carbons (Fsp3) is 0.286. The van der Waals surface area contributed by atoms with E-state index in [4.69, 9.17) is 19.3 Å². The molecule has 2 aliphatic heterocycles. The van der Waals surface area contributed by atoms with Crippen molar-refractivity contribution in [2.45, 2.75) is 36.8 Å². The van der Waals surface area contributed by atoms with Gasteiger partial charge < -0.3 is 50.0 Å². The lowest BCUT2D eigenvalue weighted by atomic mass is 9.99. The van der Waals surface area contributed by atoms with Crippen molar-refractivity contribution >= 4 is 12.0 Å². The number of benzene rings is 2. The highest BCUT2D eigenvalue weighted by atomic mass is 16.7. The number of carboxylic acids is 1. The zero-order valence-electron chi connectivity index (χ0n) is 16.3. The summed E-state index contributed by atoms with van der Waals surface area (Å²) in [5, 5.41) is 68.7. The van der Waals surface area contributed by atoms with Gasteiger partial charge in [0, 0.05) is 17.7 Å². The zero-order valence-corrected chi connectivity index (χ0v) is 16.3. The third kappa shape index (κ3) is 3.89. The first-order chi connectivity index (χ1) is 15.2. The lowest BCUT2D eigenvalue weighted by molar-refractivity contribution is -0.271. The first-order valence-electron chi connectivity index (χ1n) is 9.48. The fourth-order valence-electron chi connectivity index (χ4n) is 3.49. The van der Waals surface area contributed by atoms with Crippen LogP contribution >= 0.6 is 0 Å². The summed E-state index contributed by atoms with van der Waals surface area (Å²) in [7, 11) is 0. The standard InChI is InChI=1S/C21H20O11/c22-9-6-11(23)10-2-4-13(30-15(10)7-9)8-1-3-14(12(24)5-8)31-21-18(27)16(25)17(26)19(32-21)20(28)29/h1-7,13,16-19,21-27H,(H,28,29)/t13?,16-,17+,18-,19+,21-/m1/s1. The Bertz CT molecular complexity index is 1070. The highest BCUT2D eigenvalue weighted by Crippen LogP contribution is 2.41. The van der Waals surface area contributed by atoms with Gasteiger partial charge in [-0.25, -0.2) is 4.79 Å². The Balaban J connectivity index is 1.52. The molecule has 0 aromatic heterocycles. The molecule has 1 saturated heterocycles. The van der Waals surface area contributed by atoms with Crippen molar-refractivity contribution in [2.24, 2.45) is 0 Å². The van der Waals surface area contributed by atoms with E-state index in [1.165, 1.54) is 30.3 Å². The van der Waals surface area contributed by atoms with Gasteiger partial charge in [0.1, 0.15) is 41.7 Å². The van der Waals surface area contributed by atoms with Crippen LogP contribution in [0.3, 0.4) is 0 Å². The number of carbonyl (C=O) groups is 1. The van der Waals surface area contributed by atoms with Gasteiger partial charge in [-0.15, -0.1) is 0 Å². The van der Waals surface area contributed by atoms with Gasteiger partial charge >= 0.3 is 5.97 Å². The minimum Gasteiger partial charge on any atom is -0.508 e. The van der Waals surface area contributed by atoms with Crippen LogP contribution in [0.2, 0.25) is 0 Å². The average molecular weight is 448 g/mol. The van der Waals surface area contributed by atoms with E-state index in [9.17, 15) is 35.4 Å². The second-order valence-electron chi connectivity index (χ2n) is 7.35. The third-order valence-electron chi connectivity index (χ3n) is 5.16. The highest BCUT2D eigenvalue weighted by Gasteiger charge is 2.48. The molecule has 4 rings (SSSR count). The molecule has 0 spiro atoms.